The van der Waals surface area contributed by atoms with Gasteiger partial charge in [-0.15, -0.1) is 0 Å². The number of rotatable bonds is 3. The van der Waals surface area contributed by atoms with Gasteiger partial charge >= 0.3 is 0 Å². The van der Waals surface area contributed by atoms with E-state index in [1.165, 1.54) is 12.1 Å². The molecule has 4 nitrogen and oxygen atoms in total. The van der Waals surface area contributed by atoms with Gasteiger partial charge in [0.2, 0.25) is 0 Å². The summed E-state index contributed by atoms with van der Waals surface area (Å²) in [5, 5.41) is 0. The van der Waals surface area contributed by atoms with Gasteiger partial charge in [-0.05, 0) is 59.6 Å². The van der Waals surface area contributed by atoms with Crippen molar-refractivity contribution >= 4 is 31.6 Å². The standard InChI is InChI=1S/C13H12BrFN2O2S/c1-8-3-4-10(7-11(8)15)20(18,19)17-12-5-6-13(14)16-9(12)2/h3-7,17H,1-2H3. The first-order valence-corrected chi connectivity index (χ1v) is 7.99. The van der Waals surface area contributed by atoms with Crippen molar-refractivity contribution in [3.05, 3.63) is 52.0 Å². The molecule has 0 saturated heterocycles. The van der Waals surface area contributed by atoms with Crippen LogP contribution in [-0.2, 0) is 10.0 Å². The highest BCUT2D eigenvalue weighted by Crippen LogP contribution is 2.21. The minimum Gasteiger partial charge on any atom is -0.278 e. The number of sulfonamides is 1. The van der Waals surface area contributed by atoms with Crippen LogP contribution in [0.2, 0.25) is 0 Å². The Morgan fingerprint density at radius 1 is 1.20 bits per heavy atom. The van der Waals surface area contributed by atoms with Crippen molar-refractivity contribution in [2.24, 2.45) is 0 Å². The molecule has 1 heterocycles. The predicted octanol–water partition coefficient (Wildman–Crippen LogP) is 3.40. The summed E-state index contributed by atoms with van der Waals surface area (Å²) in [6.45, 7) is 3.25. The molecule has 0 fully saturated rings. The Balaban J connectivity index is 2.38. The zero-order valence-electron chi connectivity index (χ0n) is 10.8. The van der Waals surface area contributed by atoms with E-state index in [0.29, 0.717) is 21.5 Å². The number of nitrogens with one attached hydrogen (secondary N) is 1. The lowest BCUT2D eigenvalue weighted by Gasteiger charge is -2.10. The van der Waals surface area contributed by atoms with E-state index in [9.17, 15) is 12.8 Å². The molecule has 0 radical (unpaired) electrons. The Morgan fingerprint density at radius 3 is 2.50 bits per heavy atom. The third kappa shape index (κ3) is 3.16. The van der Waals surface area contributed by atoms with E-state index in [4.69, 9.17) is 0 Å². The molecule has 2 aromatic rings. The van der Waals surface area contributed by atoms with E-state index < -0.39 is 15.8 Å². The normalized spacial score (nSPS) is 11.4. The molecule has 0 unspecified atom stereocenters. The molecule has 1 aromatic heterocycles. The van der Waals surface area contributed by atoms with Crippen LogP contribution in [0.3, 0.4) is 0 Å². The minimum absolute atomic E-state index is 0.122. The lowest BCUT2D eigenvalue weighted by atomic mass is 10.2. The van der Waals surface area contributed by atoms with Gasteiger partial charge in [-0.2, -0.15) is 0 Å². The first kappa shape index (κ1) is 14.9. The Bertz CT molecular complexity index is 763. The van der Waals surface area contributed by atoms with Gasteiger partial charge in [-0.1, -0.05) is 6.07 Å². The predicted molar refractivity (Wildman–Crippen MR) is 78.6 cm³/mol. The van der Waals surface area contributed by atoms with Crippen LogP contribution in [0.15, 0.2) is 39.8 Å². The number of halogens is 2. The SMILES string of the molecule is Cc1ccc(S(=O)(=O)Nc2ccc(Br)nc2C)cc1F. The van der Waals surface area contributed by atoms with E-state index >= 15 is 0 Å². The molecule has 0 amide bonds. The number of benzene rings is 1. The molecular formula is C13H12BrFN2O2S. The van der Waals surface area contributed by atoms with Crippen molar-refractivity contribution in [1.82, 2.24) is 4.98 Å². The second kappa shape index (κ2) is 5.49. The van der Waals surface area contributed by atoms with Gasteiger partial charge < -0.3 is 0 Å². The number of hydrogen-bond acceptors (Lipinski definition) is 3. The number of aryl methyl sites for hydroxylation is 2. The summed E-state index contributed by atoms with van der Waals surface area (Å²) in [6, 6.07) is 7.01. The molecule has 20 heavy (non-hydrogen) atoms. The summed E-state index contributed by atoms with van der Waals surface area (Å²) in [6.07, 6.45) is 0. The number of anilines is 1. The fraction of sp³-hybridized carbons (Fsp3) is 0.154. The van der Waals surface area contributed by atoms with Crippen LogP contribution in [-0.4, -0.2) is 13.4 Å². The van der Waals surface area contributed by atoms with E-state index in [1.807, 2.05) is 0 Å². The van der Waals surface area contributed by atoms with Crippen LogP contribution in [0.1, 0.15) is 11.3 Å². The van der Waals surface area contributed by atoms with E-state index in [2.05, 4.69) is 25.6 Å². The maximum absolute atomic E-state index is 13.5. The molecule has 0 spiro atoms. The lowest BCUT2D eigenvalue weighted by molar-refractivity contribution is 0.593. The lowest BCUT2D eigenvalue weighted by Crippen LogP contribution is -2.14. The quantitative estimate of drug-likeness (QED) is 0.855. The molecule has 2 rings (SSSR count). The Morgan fingerprint density at radius 2 is 1.90 bits per heavy atom. The molecule has 7 heteroatoms. The third-order valence-corrected chi connectivity index (χ3v) is 4.55. The average molecular weight is 359 g/mol. The summed E-state index contributed by atoms with van der Waals surface area (Å²) in [7, 11) is -3.83. The topological polar surface area (TPSA) is 59.1 Å². The summed E-state index contributed by atoms with van der Waals surface area (Å²) < 4.78 is 40.8. The molecule has 0 aliphatic heterocycles. The number of hydrogen-bond donors (Lipinski definition) is 1. The zero-order valence-corrected chi connectivity index (χ0v) is 13.2. The summed E-state index contributed by atoms with van der Waals surface area (Å²) in [4.78, 5) is 3.98. The van der Waals surface area contributed by atoms with Gasteiger partial charge in [0.15, 0.2) is 0 Å². The summed E-state index contributed by atoms with van der Waals surface area (Å²) in [5.41, 5.74) is 1.27. The molecule has 106 valence electrons. The van der Waals surface area contributed by atoms with Gasteiger partial charge in [0.25, 0.3) is 10.0 Å². The summed E-state index contributed by atoms with van der Waals surface area (Å²) >= 11 is 3.20. The number of nitrogens with zero attached hydrogens (tertiary/aromatic N) is 1. The molecule has 0 aliphatic carbocycles. The molecule has 1 aromatic carbocycles. The Labute approximate surface area is 125 Å². The van der Waals surface area contributed by atoms with Crippen molar-refractivity contribution < 1.29 is 12.8 Å². The van der Waals surface area contributed by atoms with Crippen LogP contribution < -0.4 is 4.72 Å². The largest absolute Gasteiger partial charge is 0.278 e. The third-order valence-electron chi connectivity index (χ3n) is 2.75. The number of pyridine rings is 1. The second-order valence-corrected chi connectivity index (χ2v) is 6.78. The zero-order chi connectivity index (χ0) is 14.9. The summed E-state index contributed by atoms with van der Waals surface area (Å²) in [5.74, 6) is -0.557. The van der Waals surface area contributed by atoms with Gasteiger partial charge in [-0.3, -0.25) is 4.72 Å². The van der Waals surface area contributed by atoms with E-state index in [0.717, 1.165) is 6.07 Å². The molecular weight excluding hydrogens is 347 g/mol. The highest BCUT2D eigenvalue weighted by atomic mass is 79.9. The minimum atomic E-state index is -3.83. The molecule has 0 aliphatic rings. The first-order valence-electron chi connectivity index (χ1n) is 5.72. The molecule has 0 atom stereocenters. The maximum atomic E-state index is 13.5. The van der Waals surface area contributed by atoms with Crippen molar-refractivity contribution in [3.8, 4) is 0 Å². The van der Waals surface area contributed by atoms with Crippen LogP contribution in [0, 0.1) is 19.7 Å². The van der Waals surface area contributed by atoms with Crippen LogP contribution in [0.4, 0.5) is 10.1 Å². The van der Waals surface area contributed by atoms with Crippen molar-refractivity contribution in [1.29, 1.82) is 0 Å². The first-order chi connectivity index (χ1) is 9.29. The van der Waals surface area contributed by atoms with E-state index in [-0.39, 0.29) is 4.90 Å². The fourth-order valence-corrected chi connectivity index (χ4v) is 3.11. The van der Waals surface area contributed by atoms with Crippen LogP contribution in [0.5, 0.6) is 0 Å². The highest BCUT2D eigenvalue weighted by molar-refractivity contribution is 9.10. The second-order valence-electron chi connectivity index (χ2n) is 4.28. The Hall–Kier alpha value is -1.47. The van der Waals surface area contributed by atoms with Gasteiger partial charge in [0.1, 0.15) is 10.4 Å². The Kier molecular flexibility index (Phi) is 4.10. The van der Waals surface area contributed by atoms with Crippen LogP contribution in [0.25, 0.3) is 0 Å². The van der Waals surface area contributed by atoms with Gasteiger partial charge in [0.05, 0.1) is 16.3 Å². The van der Waals surface area contributed by atoms with Gasteiger partial charge in [0, 0.05) is 0 Å². The smallest absolute Gasteiger partial charge is 0.262 e. The fourth-order valence-electron chi connectivity index (χ4n) is 1.58. The average Bonchev–Trinajstić information content (AvgIpc) is 2.36. The number of aromatic nitrogens is 1. The van der Waals surface area contributed by atoms with Gasteiger partial charge in [-0.25, -0.2) is 17.8 Å². The molecule has 0 saturated carbocycles. The molecule has 0 bridgehead atoms. The van der Waals surface area contributed by atoms with Crippen LogP contribution >= 0.6 is 15.9 Å². The van der Waals surface area contributed by atoms with Crippen molar-refractivity contribution in [2.45, 2.75) is 18.7 Å². The van der Waals surface area contributed by atoms with Crippen molar-refractivity contribution in [2.75, 3.05) is 4.72 Å². The van der Waals surface area contributed by atoms with E-state index in [1.54, 1.807) is 26.0 Å². The highest BCUT2D eigenvalue weighted by Gasteiger charge is 2.17. The maximum Gasteiger partial charge on any atom is 0.262 e. The molecule has 1 N–H and O–H groups in total. The monoisotopic (exact) mass is 358 g/mol. The van der Waals surface area contributed by atoms with Crippen molar-refractivity contribution in [3.63, 3.8) is 0 Å².